The number of aromatic nitrogens is 1. The number of nitrogens with one attached hydrogen (secondary N) is 2. The van der Waals surface area contributed by atoms with Crippen molar-refractivity contribution in [1.29, 1.82) is 0 Å². The number of rotatable bonds is 3. The summed E-state index contributed by atoms with van der Waals surface area (Å²) in [4.78, 5) is 15.8. The van der Waals surface area contributed by atoms with Crippen LogP contribution in [0.1, 0.15) is 6.42 Å². The van der Waals surface area contributed by atoms with Crippen molar-refractivity contribution >= 4 is 11.6 Å². The molecule has 19 heavy (non-hydrogen) atoms. The molecule has 3 rings (SSSR count). The van der Waals surface area contributed by atoms with Crippen LogP contribution in [0.2, 0.25) is 0 Å². The number of amides is 1. The molecule has 1 unspecified atom stereocenters. The highest BCUT2D eigenvalue weighted by atomic mass is 16.3. The summed E-state index contributed by atoms with van der Waals surface area (Å²) in [6.45, 7) is 1.69. The Morgan fingerprint density at radius 2 is 2.21 bits per heavy atom. The van der Waals surface area contributed by atoms with Crippen molar-refractivity contribution in [3.63, 3.8) is 0 Å². The van der Waals surface area contributed by atoms with Gasteiger partial charge in [-0.05, 0) is 37.2 Å². The third-order valence-electron chi connectivity index (χ3n) is 3.30. The molecule has 1 aliphatic heterocycles. The number of oxazole rings is 1. The van der Waals surface area contributed by atoms with Crippen LogP contribution in [0, 0.1) is 5.92 Å². The van der Waals surface area contributed by atoms with Crippen LogP contribution < -0.4 is 10.6 Å². The molecule has 1 saturated heterocycles. The third-order valence-corrected chi connectivity index (χ3v) is 3.30. The minimum atomic E-state index is 0.0777. The maximum absolute atomic E-state index is 11.9. The Morgan fingerprint density at radius 1 is 1.37 bits per heavy atom. The first-order chi connectivity index (χ1) is 9.33. The van der Waals surface area contributed by atoms with Gasteiger partial charge in [0.25, 0.3) is 0 Å². The standard InChI is InChI=1S/C14H15N3O2/c18-14(11-5-6-15-7-11)17-12-3-1-10(2-4-12)13-8-16-9-19-13/h1-4,8-9,11,15H,5-7H2,(H,17,18). The molecular weight excluding hydrogens is 242 g/mol. The van der Waals surface area contributed by atoms with Gasteiger partial charge in [0.2, 0.25) is 5.91 Å². The fourth-order valence-electron chi connectivity index (χ4n) is 2.20. The normalized spacial score (nSPS) is 18.4. The van der Waals surface area contributed by atoms with Crippen LogP contribution in [0.5, 0.6) is 0 Å². The highest BCUT2D eigenvalue weighted by molar-refractivity contribution is 5.93. The lowest BCUT2D eigenvalue weighted by Crippen LogP contribution is -2.24. The molecule has 1 fully saturated rings. The Kier molecular flexibility index (Phi) is 3.29. The Labute approximate surface area is 111 Å². The molecule has 1 amide bonds. The van der Waals surface area contributed by atoms with Gasteiger partial charge in [0, 0.05) is 17.8 Å². The van der Waals surface area contributed by atoms with Crippen molar-refractivity contribution in [2.75, 3.05) is 18.4 Å². The van der Waals surface area contributed by atoms with Crippen LogP contribution in [-0.2, 0) is 4.79 Å². The van der Waals surface area contributed by atoms with E-state index in [9.17, 15) is 4.79 Å². The molecule has 2 N–H and O–H groups in total. The SMILES string of the molecule is O=C(Nc1ccc(-c2cnco2)cc1)C1CCNC1. The molecule has 1 aliphatic rings. The summed E-state index contributed by atoms with van der Waals surface area (Å²) in [5.41, 5.74) is 1.75. The van der Waals surface area contributed by atoms with Gasteiger partial charge in [-0.15, -0.1) is 0 Å². The minimum Gasteiger partial charge on any atom is -0.444 e. The van der Waals surface area contributed by atoms with Crippen LogP contribution in [-0.4, -0.2) is 24.0 Å². The summed E-state index contributed by atoms with van der Waals surface area (Å²) in [5, 5.41) is 6.12. The molecule has 5 nitrogen and oxygen atoms in total. The molecule has 0 saturated carbocycles. The van der Waals surface area contributed by atoms with Crippen molar-refractivity contribution in [3.8, 4) is 11.3 Å². The lowest BCUT2D eigenvalue weighted by Gasteiger charge is -2.10. The third kappa shape index (κ3) is 2.66. The topological polar surface area (TPSA) is 67.2 Å². The van der Waals surface area contributed by atoms with Gasteiger partial charge >= 0.3 is 0 Å². The molecule has 2 heterocycles. The smallest absolute Gasteiger partial charge is 0.228 e. The molecular formula is C14H15N3O2. The highest BCUT2D eigenvalue weighted by Crippen LogP contribution is 2.21. The number of carbonyl (C=O) groups is 1. The van der Waals surface area contributed by atoms with Crippen LogP contribution >= 0.6 is 0 Å². The average Bonchev–Trinajstić information content (AvgIpc) is 3.13. The van der Waals surface area contributed by atoms with Crippen molar-refractivity contribution in [2.24, 2.45) is 5.92 Å². The summed E-state index contributed by atoms with van der Waals surface area (Å²) in [6.07, 6.45) is 3.97. The number of benzene rings is 1. The number of hydrogen-bond donors (Lipinski definition) is 2. The average molecular weight is 257 g/mol. The fourth-order valence-corrected chi connectivity index (χ4v) is 2.20. The zero-order valence-electron chi connectivity index (χ0n) is 10.4. The molecule has 1 atom stereocenters. The molecule has 0 bridgehead atoms. The molecule has 1 aromatic heterocycles. The summed E-state index contributed by atoms with van der Waals surface area (Å²) in [5.74, 6) is 0.879. The number of anilines is 1. The zero-order valence-corrected chi connectivity index (χ0v) is 10.4. The van der Waals surface area contributed by atoms with Gasteiger partial charge in [-0.25, -0.2) is 4.98 Å². The molecule has 0 aliphatic carbocycles. The van der Waals surface area contributed by atoms with Gasteiger partial charge in [-0.3, -0.25) is 4.79 Å². The van der Waals surface area contributed by atoms with Crippen molar-refractivity contribution in [2.45, 2.75) is 6.42 Å². The number of carbonyl (C=O) groups excluding carboxylic acids is 1. The monoisotopic (exact) mass is 257 g/mol. The Bertz CT molecular complexity index is 543. The largest absolute Gasteiger partial charge is 0.444 e. The predicted molar refractivity (Wildman–Crippen MR) is 71.5 cm³/mol. The van der Waals surface area contributed by atoms with E-state index in [1.165, 1.54) is 6.39 Å². The van der Waals surface area contributed by atoms with E-state index in [-0.39, 0.29) is 11.8 Å². The van der Waals surface area contributed by atoms with Gasteiger partial charge in [-0.2, -0.15) is 0 Å². The van der Waals surface area contributed by atoms with E-state index in [4.69, 9.17) is 4.42 Å². The Balaban J connectivity index is 1.67. The molecule has 0 spiro atoms. The van der Waals surface area contributed by atoms with E-state index in [0.29, 0.717) is 0 Å². The number of hydrogen-bond acceptors (Lipinski definition) is 4. The first kappa shape index (κ1) is 11.9. The van der Waals surface area contributed by atoms with Gasteiger partial charge < -0.3 is 15.1 Å². The second-order valence-electron chi connectivity index (χ2n) is 4.62. The first-order valence-electron chi connectivity index (χ1n) is 6.33. The van der Waals surface area contributed by atoms with E-state index in [2.05, 4.69) is 15.6 Å². The quantitative estimate of drug-likeness (QED) is 0.881. The van der Waals surface area contributed by atoms with E-state index >= 15 is 0 Å². The van der Waals surface area contributed by atoms with Gasteiger partial charge in [0.15, 0.2) is 12.2 Å². The summed E-state index contributed by atoms with van der Waals surface area (Å²) in [6, 6.07) is 7.56. The zero-order chi connectivity index (χ0) is 13.1. The first-order valence-corrected chi connectivity index (χ1v) is 6.33. The summed E-state index contributed by atoms with van der Waals surface area (Å²) in [7, 11) is 0. The predicted octanol–water partition coefficient (Wildman–Crippen LogP) is 1.89. The van der Waals surface area contributed by atoms with Crippen molar-refractivity contribution in [1.82, 2.24) is 10.3 Å². The Hall–Kier alpha value is -2.14. The van der Waals surface area contributed by atoms with Gasteiger partial charge in [-0.1, -0.05) is 0 Å². The van der Waals surface area contributed by atoms with Crippen molar-refractivity contribution in [3.05, 3.63) is 36.9 Å². The second-order valence-corrected chi connectivity index (χ2v) is 4.62. The fraction of sp³-hybridized carbons (Fsp3) is 0.286. The van der Waals surface area contributed by atoms with Crippen LogP contribution in [0.15, 0.2) is 41.3 Å². The molecule has 5 heteroatoms. The molecule has 1 aromatic carbocycles. The van der Waals surface area contributed by atoms with Crippen molar-refractivity contribution < 1.29 is 9.21 Å². The van der Waals surface area contributed by atoms with E-state index < -0.39 is 0 Å². The van der Waals surface area contributed by atoms with Gasteiger partial charge in [0.1, 0.15) is 0 Å². The second kappa shape index (κ2) is 5.24. The van der Waals surface area contributed by atoms with E-state index in [1.807, 2.05) is 24.3 Å². The molecule has 98 valence electrons. The van der Waals surface area contributed by atoms with E-state index in [1.54, 1.807) is 6.20 Å². The molecule has 0 radical (unpaired) electrons. The van der Waals surface area contributed by atoms with E-state index in [0.717, 1.165) is 36.5 Å². The van der Waals surface area contributed by atoms with Gasteiger partial charge in [0.05, 0.1) is 12.1 Å². The van der Waals surface area contributed by atoms with Crippen LogP contribution in [0.4, 0.5) is 5.69 Å². The molecule has 2 aromatic rings. The maximum atomic E-state index is 11.9. The Morgan fingerprint density at radius 3 is 2.84 bits per heavy atom. The minimum absolute atomic E-state index is 0.0777. The summed E-state index contributed by atoms with van der Waals surface area (Å²) >= 11 is 0. The van der Waals surface area contributed by atoms with Crippen LogP contribution in [0.3, 0.4) is 0 Å². The summed E-state index contributed by atoms with van der Waals surface area (Å²) < 4.78 is 5.22. The number of nitrogens with zero attached hydrogens (tertiary/aromatic N) is 1. The lowest BCUT2D eigenvalue weighted by atomic mass is 10.1. The van der Waals surface area contributed by atoms with Crippen LogP contribution in [0.25, 0.3) is 11.3 Å². The highest BCUT2D eigenvalue weighted by Gasteiger charge is 2.22. The maximum Gasteiger partial charge on any atom is 0.228 e. The lowest BCUT2D eigenvalue weighted by molar-refractivity contribution is -0.119.